The van der Waals surface area contributed by atoms with E-state index in [2.05, 4.69) is 10.4 Å². The first kappa shape index (κ1) is 18.6. The molecule has 0 aliphatic carbocycles. The van der Waals surface area contributed by atoms with E-state index in [0.717, 1.165) is 17.1 Å². The molecule has 1 saturated heterocycles. The van der Waals surface area contributed by atoms with Crippen molar-refractivity contribution in [3.05, 3.63) is 41.7 Å². The first-order chi connectivity index (χ1) is 12.3. The van der Waals surface area contributed by atoms with Crippen LogP contribution in [-0.2, 0) is 15.0 Å². The molecule has 1 aromatic heterocycles. The molecule has 9 heteroatoms. The van der Waals surface area contributed by atoms with Crippen LogP contribution in [0.1, 0.15) is 24.2 Å². The zero-order chi connectivity index (χ0) is 18.9. The Balaban J connectivity index is 1.74. The Labute approximate surface area is 153 Å². The van der Waals surface area contributed by atoms with Crippen molar-refractivity contribution in [3.8, 4) is 5.69 Å². The van der Waals surface area contributed by atoms with Crippen molar-refractivity contribution in [1.82, 2.24) is 14.1 Å². The third-order valence-electron chi connectivity index (χ3n) is 4.58. The van der Waals surface area contributed by atoms with E-state index in [9.17, 15) is 13.2 Å². The van der Waals surface area contributed by atoms with Crippen molar-refractivity contribution in [3.63, 3.8) is 0 Å². The highest BCUT2D eigenvalue weighted by atomic mass is 32.2. The molecule has 2 heterocycles. The van der Waals surface area contributed by atoms with Crippen LogP contribution < -0.4 is 10.5 Å². The number of benzene rings is 1. The number of hydrogen-bond donors (Lipinski definition) is 2. The molecule has 0 atom stereocenters. The van der Waals surface area contributed by atoms with Crippen LogP contribution in [0.25, 0.3) is 5.69 Å². The Bertz CT molecular complexity index is 914. The Morgan fingerprint density at radius 2 is 1.88 bits per heavy atom. The zero-order valence-corrected chi connectivity index (χ0v) is 15.7. The molecule has 2 aromatic rings. The number of para-hydroxylation sites is 2. The molecule has 140 valence electrons. The van der Waals surface area contributed by atoms with Gasteiger partial charge < -0.3 is 5.32 Å². The number of aryl methyl sites for hydroxylation is 2. The Kier molecular flexibility index (Phi) is 5.12. The molecule has 0 radical (unpaired) electrons. The predicted molar refractivity (Wildman–Crippen MR) is 99.1 cm³/mol. The molecule has 0 bridgehead atoms. The molecule has 1 aliphatic heterocycles. The molecule has 0 spiro atoms. The van der Waals surface area contributed by atoms with Gasteiger partial charge in [0.1, 0.15) is 0 Å². The van der Waals surface area contributed by atoms with Gasteiger partial charge in [-0.2, -0.15) is 17.8 Å². The first-order valence-electron chi connectivity index (χ1n) is 8.47. The second-order valence-electron chi connectivity index (χ2n) is 6.56. The number of nitrogens with zero attached hydrogens (tertiary/aromatic N) is 3. The zero-order valence-electron chi connectivity index (χ0n) is 14.8. The number of nitrogens with one attached hydrogen (secondary N) is 1. The molecular formula is C17H23N5O3S. The molecule has 3 rings (SSSR count). The van der Waals surface area contributed by atoms with Crippen LogP contribution in [0.5, 0.6) is 0 Å². The normalized spacial score (nSPS) is 16.6. The van der Waals surface area contributed by atoms with Gasteiger partial charge in [-0.05, 0) is 44.9 Å². The molecule has 0 saturated carbocycles. The number of piperidine rings is 1. The number of nitrogens with two attached hydrogens (primary N) is 1. The largest absolute Gasteiger partial charge is 0.324 e. The maximum atomic E-state index is 12.7. The highest BCUT2D eigenvalue weighted by molar-refractivity contribution is 7.86. The van der Waals surface area contributed by atoms with Crippen LogP contribution in [0, 0.1) is 19.8 Å². The molecule has 8 nitrogen and oxygen atoms in total. The molecule has 1 fully saturated rings. The second kappa shape index (κ2) is 7.18. The first-order valence-corrected chi connectivity index (χ1v) is 9.97. The Morgan fingerprint density at radius 3 is 2.46 bits per heavy atom. The van der Waals surface area contributed by atoms with Gasteiger partial charge in [-0.25, -0.2) is 9.82 Å². The van der Waals surface area contributed by atoms with Crippen molar-refractivity contribution < 1.29 is 13.2 Å². The lowest BCUT2D eigenvalue weighted by Gasteiger charge is -2.29. The van der Waals surface area contributed by atoms with Crippen molar-refractivity contribution >= 4 is 21.8 Å². The number of aromatic nitrogens is 2. The van der Waals surface area contributed by atoms with Crippen LogP contribution in [0.3, 0.4) is 0 Å². The monoisotopic (exact) mass is 377 g/mol. The van der Waals surface area contributed by atoms with Gasteiger partial charge in [0.05, 0.1) is 17.1 Å². The lowest BCUT2D eigenvalue weighted by molar-refractivity contribution is -0.120. The van der Waals surface area contributed by atoms with Crippen LogP contribution in [0.15, 0.2) is 30.3 Å². The summed E-state index contributed by atoms with van der Waals surface area (Å²) >= 11 is 0. The van der Waals surface area contributed by atoms with E-state index in [1.807, 2.05) is 44.2 Å². The summed E-state index contributed by atoms with van der Waals surface area (Å²) in [5.41, 5.74) is 3.36. The predicted octanol–water partition coefficient (Wildman–Crippen LogP) is 1.34. The topological polar surface area (TPSA) is 110 Å². The highest BCUT2D eigenvalue weighted by Crippen LogP contribution is 2.25. The van der Waals surface area contributed by atoms with E-state index < -0.39 is 10.2 Å². The molecule has 0 unspecified atom stereocenters. The quantitative estimate of drug-likeness (QED) is 0.838. The lowest BCUT2D eigenvalue weighted by Crippen LogP contribution is -2.44. The highest BCUT2D eigenvalue weighted by Gasteiger charge is 2.29. The van der Waals surface area contributed by atoms with Crippen molar-refractivity contribution in [2.24, 2.45) is 11.1 Å². The van der Waals surface area contributed by atoms with Gasteiger partial charge in [-0.1, -0.05) is 12.1 Å². The van der Waals surface area contributed by atoms with E-state index in [0.29, 0.717) is 18.5 Å². The van der Waals surface area contributed by atoms with Crippen LogP contribution in [-0.4, -0.2) is 41.5 Å². The smallest absolute Gasteiger partial charge is 0.276 e. The van der Waals surface area contributed by atoms with Gasteiger partial charge in [0.2, 0.25) is 5.91 Å². The fourth-order valence-corrected chi connectivity index (χ4v) is 3.96. The average Bonchev–Trinajstić information content (AvgIpc) is 2.93. The number of amides is 1. The number of carbonyl (C=O) groups excluding carboxylic acids is 1. The van der Waals surface area contributed by atoms with Gasteiger partial charge in [-0.15, -0.1) is 0 Å². The Morgan fingerprint density at radius 1 is 1.23 bits per heavy atom. The van der Waals surface area contributed by atoms with Crippen molar-refractivity contribution in [1.29, 1.82) is 0 Å². The maximum absolute atomic E-state index is 12.7. The SMILES string of the molecule is Cc1cc(C)n(-c2ccccc2NC(=O)C2CCN(S(N)(=O)=O)CC2)n1. The minimum atomic E-state index is -3.69. The summed E-state index contributed by atoms with van der Waals surface area (Å²) in [5.74, 6) is -0.366. The molecule has 26 heavy (non-hydrogen) atoms. The van der Waals surface area contributed by atoms with E-state index >= 15 is 0 Å². The van der Waals surface area contributed by atoms with Gasteiger partial charge in [-0.3, -0.25) is 4.79 Å². The summed E-state index contributed by atoms with van der Waals surface area (Å²) in [6.07, 6.45) is 0.897. The standard InChI is InChI=1S/C17H23N5O3S/c1-12-11-13(2)22(20-12)16-6-4-3-5-15(16)19-17(23)14-7-9-21(10-8-14)26(18,24)25/h3-6,11,14H,7-10H2,1-2H3,(H,19,23)(H2,18,24,25). The van der Waals surface area contributed by atoms with E-state index in [-0.39, 0.29) is 24.9 Å². The summed E-state index contributed by atoms with van der Waals surface area (Å²) in [6.45, 7) is 4.40. The average molecular weight is 377 g/mol. The Hall–Kier alpha value is -2.23. The van der Waals surface area contributed by atoms with E-state index in [4.69, 9.17) is 5.14 Å². The third-order valence-corrected chi connectivity index (χ3v) is 5.67. The van der Waals surface area contributed by atoms with Gasteiger partial charge in [0, 0.05) is 24.7 Å². The molecule has 1 aromatic carbocycles. The van der Waals surface area contributed by atoms with E-state index in [1.54, 1.807) is 4.68 Å². The maximum Gasteiger partial charge on any atom is 0.276 e. The van der Waals surface area contributed by atoms with Gasteiger partial charge in [0.25, 0.3) is 10.2 Å². The lowest BCUT2D eigenvalue weighted by atomic mass is 9.97. The summed E-state index contributed by atoms with van der Waals surface area (Å²) in [7, 11) is -3.69. The second-order valence-corrected chi connectivity index (χ2v) is 8.11. The molecule has 1 amide bonds. The van der Waals surface area contributed by atoms with E-state index in [1.165, 1.54) is 4.31 Å². The van der Waals surface area contributed by atoms with Crippen LogP contribution >= 0.6 is 0 Å². The number of hydrogen-bond acceptors (Lipinski definition) is 4. The number of carbonyl (C=O) groups is 1. The summed E-state index contributed by atoms with van der Waals surface area (Å²) in [6, 6.07) is 9.46. The molecule has 3 N–H and O–H groups in total. The fourth-order valence-electron chi connectivity index (χ4n) is 3.24. The van der Waals surface area contributed by atoms with Gasteiger partial charge >= 0.3 is 0 Å². The minimum absolute atomic E-state index is 0.118. The molecule has 1 aliphatic rings. The summed E-state index contributed by atoms with van der Waals surface area (Å²) < 4.78 is 25.8. The van der Waals surface area contributed by atoms with Crippen molar-refractivity contribution in [2.75, 3.05) is 18.4 Å². The van der Waals surface area contributed by atoms with Gasteiger partial charge in [0.15, 0.2) is 0 Å². The van der Waals surface area contributed by atoms with Crippen LogP contribution in [0.4, 0.5) is 5.69 Å². The number of rotatable bonds is 4. The third kappa shape index (κ3) is 3.95. The fraction of sp³-hybridized carbons (Fsp3) is 0.412. The summed E-state index contributed by atoms with van der Waals surface area (Å²) in [4.78, 5) is 12.7. The molecular weight excluding hydrogens is 354 g/mol. The summed E-state index contributed by atoms with van der Waals surface area (Å²) in [5, 5.41) is 12.6. The minimum Gasteiger partial charge on any atom is -0.324 e. The van der Waals surface area contributed by atoms with Crippen molar-refractivity contribution in [2.45, 2.75) is 26.7 Å². The van der Waals surface area contributed by atoms with Crippen LogP contribution in [0.2, 0.25) is 0 Å². The number of anilines is 1.